The van der Waals surface area contributed by atoms with Crippen molar-refractivity contribution in [1.29, 1.82) is 0 Å². The summed E-state index contributed by atoms with van der Waals surface area (Å²) in [4.78, 5) is 0. The van der Waals surface area contributed by atoms with Gasteiger partial charge in [0.15, 0.2) is 0 Å². The first-order valence-corrected chi connectivity index (χ1v) is 11.7. The summed E-state index contributed by atoms with van der Waals surface area (Å²) in [6, 6.07) is 0. The highest BCUT2D eigenvalue weighted by Crippen LogP contribution is 2.66. The van der Waals surface area contributed by atoms with Crippen LogP contribution in [-0.4, -0.2) is 22.9 Å². The van der Waals surface area contributed by atoms with E-state index in [1.165, 1.54) is 51.4 Å². The SMILES string of the molecule is CC[C@@]1(O)CC[C@H]2[C@@H](CC[C@@H]3[C@@H]2CC[C@]2(C)[C@@H](C4(C)CO4)CCC[C@@H]32)C1. The van der Waals surface area contributed by atoms with E-state index in [9.17, 15) is 5.11 Å². The summed E-state index contributed by atoms with van der Waals surface area (Å²) >= 11 is 0. The van der Waals surface area contributed by atoms with Crippen LogP contribution in [0.3, 0.4) is 0 Å². The molecule has 1 N–H and O–H groups in total. The predicted octanol–water partition coefficient (Wildman–Crippen LogP) is 5.58. The Labute approximate surface area is 160 Å². The minimum absolute atomic E-state index is 0.208. The van der Waals surface area contributed by atoms with Crippen LogP contribution in [-0.2, 0) is 4.74 Å². The number of aliphatic hydroxyl groups is 1. The molecule has 0 radical (unpaired) electrons. The molecule has 1 heterocycles. The Morgan fingerprint density at radius 2 is 1.69 bits per heavy atom. The molecule has 2 heteroatoms. The van der Waals surface area contributed by atoms with Crippen molar-refractivity contribution in [2.24, 2.45) is 40.9 Å². The molecule has 4 aliphatic carbocycles. The molecular formula is C24H40O2. The molecule has 0 amide bonds. The molecule has 4 saturated carbocycles. The molecular weight excluding hydrogens is 320 g/mol. The van der Waals surface area contributed by atoms with E-state index in [1.54, 1.807) is 0 Å². The summed E-state index contributed by atoms with van der Waals surface area (Å²) in [6.07, 6.45) is 14.4. The minimum Gasteiger partial charge on any atom is -0.390 e. The van der Waals surface area contributed by atoms with Crippen LogP contribution >= 0.6 is 0 Å². The smallest absolute Gasteiger partial charge is 0.0921 e. The van der Waals surface area contributed by atoms with Gasteiger partial charge in [0.25, 0.3) is 0 Å². The fourth-order valence-electron chi connectivity index (χ4n) is 8.80. The second-order valence-corrected chi connectivity index (χ2v) is 11.4. The minimum atomic E-state index is -0.342. The van der Waals surface area contributed by atoms with Crippen molar-refractivity contribution >= 4 is 0 Å². The standard InChI is InChI=1S/C24H40O2/c1-4-24(25)13-11-17-16(14-24)8-9-19-18(17)10-12-22(2)20(19)6-5-7-21(22)23(3)15-26-23/h16-21,25H,4-15H2,1-3H3/t16-,17-,18+,19+,20-,21-,22-,23?,24+/m0/s1. The summed E-state index contributed by atoms with van der Waals surface area (Å²) in [6.45, 7) is 8.23. The summed E-state index contributed by atoms with van der Waals surface area (Å²) in [5.41, 5.74) is 0.390. The zero-order valence-corrected chi connectivity index (χ0v) is 17.3. The summed E-state index contributed by atoms with van der Waals surface area (Å²) in [5, 5.41) is 10.9. The normalized spacial score (nSPS) is 59.1. The third-order valence-corrected chi connectivity index (χ3v) is 10.3. The number of hydrogen-bond donors (Lipinski definition) is 1. The number of epoxide rings is 1. The molecule has 5 aliphatic rings. The van der Waals surface area contributed by atoms with Gasteiger partial charge >= 0.3 is 0 Å². The summed E-state index contributed by atoms with van der Waals surface area (Å²) in [7, 11) is 0. The molecule has 5 fully saturated rings. The quantitative estimate of drug-likeness (QED) is 0.652. The molecule has 5 rings (SSSR count). The molecule has 148 valence electrons. The average molecular weight is 361 g/mol. The molecule has 1 unspecified atom stereocenters. The van der Waals surface area contributed by atoms with Crippen molar-refractivity contribution in [2.45, 2.75) is 103 Å². The van der Waals surface area contributed by atoms with Crippen LogP contribution in [0.1, 0.15) is 91.4 Å². The monoisotopic (exact) mass is 360 g/mol. The van der Waals surface area contributed by atoms with Gasteiger partial charge in [-0.1, -0.05) is 20.3 Å². The topological polar surface area (TPSA) is 32.8 Å². The molecule has 0 aromatic carbocycles. The predicted molar refractivity (Wildman–Crippen MR) is 105 cm³/mol. The average Bonchev–Trinajstić information content (AvgIpc) is 3.38. The van der Waals surface area contributed by atoms with E-state index < -0.39 is 0 Å². The highest BCUT2D eigenvalue weighted by atomic mass is 16.6. The first-order chi connectivity index (χ1) is 12.4. The van der Waals surface area contributed by atoms with Crippen LogP contribution in [0.4, 0.5) is 0 Å². The van der Waals surface area contributed by atoms with Gasteiger partial charge in [0.2, 0.25) is 0 Å². The van der Waals surface area contributed by atoms with Crippen LogP contribution < -0.4 is 0 Å². The van der Waals surface area contributed by atoms with E-state index >= 15 is 0 Å². The lowest BCUT2D eigenvalue weighted by atomic mass is 9.44. The van der Waals surface area contributed by atoms with E-state index in [-0.39, 0.29) is 11.2 Å². The van der Waals surface area contributed by atoms with Crippen molar-refractivity contribution < 1.29 is 9.84 Å². The Balaban J connectivity index is 1.37. The van der Waals surface area contributed by atoms with Gasteiger partial charge < -0.3 is 9.84 Å². The molecule has 26 heavy (non-hydrogen) atoms. The molecule has 1 aliphatic heterocycles. The Morgan fingerprint density at radius 3 is 2.42 bits per heavy atom. The van der Waals surface area contributed by atoms with E-state index in [4.69, 9.17) is 4.74 Å². The number of hydrogen-bond acceptors (Lipinski definition) is 2. The molecule has 2 nitrogen and oxygen atoms in total. The summed E-state index contributed by atoms with van der Waals surface area (Å²) < 4.78 is 5.98. The second-order valence-electron chi connectivity index (χ2n) is 11.4. The molecule has 0 aromatic heterocycles. The molecule has 9 atom stereocenters. The Morgan fingerprint density at radius 1 is 0.923 bits per heavy atom. The largest absolute Gasteiger partial charge is 0.390 e. The maximum absolute atomic E-state index is 10.9. The number of fused-ring (bicyclic) bond motifs is 5. The third kappa shape index (κ3) is 2.57. The van der Waals surface area contributed by atoms with E-state index in [0.717, 1.165) is 61.4 Å². The van der Waals surface area contributed by atoms with Crippen molar-refractivity contribution in [2.75, 3.05) is 6.61 Å². The van der Waals surface area contributed by atoms with Crippen molar-refractivity contribution in [3.8, 4) is 0 Å². The molecule has 0 aromatic rings. The van der Waals surface area contributed by atoms with E-state index in [1.807, 2.05) is 0 Å². The van der Waals surface area contributed by atoms with Gasteiger partial charge in [0.05, 0.1) is 17.8 Å². The van der Waals surface area contributed by atoms with Gasteiger partial charge in [-0.2, -0.15) is 0 Å². The van der Waals surface area contributed by atoms with Gasteiger partial charge in [-0.15, -0.1) is 0 Å². The van der Waals surface area contributed by atoms with Gasteiger partial charge in [-0.25, -0.2) is 0 Å². The first-order valence-electron chi connectivity index (χ1n) is 11.7. The van der Waals surface area contributed by atoms with Crippen molar-refractivity contribution in [1.82, 2.24) is 0 Å². The Kier molecular flexibility index (Phi) is 4.12. The number of rotatable bonds is 2. The lowest BCUT2D eigenvalue weighted by Gasteiger charge is -2.61. The van der Waals surface area contributed by atoms with Gasteiger partial charge in [-0.3, -0.25) is 0 Å². The van der Waals surface area contributed by atoms with Crippen molar-refractivity contribution in [3.05, 3.63) is 0 Å². The third-order valence-electron chi connectivity index (χ3n) is 10.3. The lowest BCUT2D eigenvalue weighted by molar-refractivity contribution is -0.138. The highest BCUT2D eigenvalue weighted by Gasteiger charge is 2.62. The Bertz CT molecular complexity index is 554. The van der Waals surface area contributed by atoms with Gasteiger partial charge in [-0.05, 0) is 112 Å². The maximum atomic E-state index is 10.9. The molecule has 0 spiro atoms. The van der Waals surface area contributed by atoms with Crippen LogP contribution in [0.25, 0.3) is 0 Å². The molecule has 0 bridgehead atoms. The van der Waals surface area contributed by atoms with E-state index in [2.05, 4.69) is 20.8 Å². The van der Waals surface area contributed by atoms with Crippen LogP contribution in [0.15, 0.2) is 0 Å². The first kappa shape index (κ1) is 18.0. The number of ether oxygens (including phenoxy) is 1. The van der Waals surface area contributed by atoms with Gasteiger partial charge in [0.1, 0.15) is 0 Å². The zero-order valence-electron chi connectivity index (χ0n) is 17.3. The van der Waals surface area contributed by atoms with Gasteiger partial charge in [0, 0.05) is 0 Å². The van der Waals surface area contributed by atoms with Crippen LogP contribution in [0.5, 0.6) is 0 Å². The Hall–Kier alpha value is -0.0800. The summed E-state index contributed by atoms with van der Waals surface area (Å²) in [5.74, 6) is 5.38. The van der Waals surface area contributed by atoms with Crippen LogP contribution in [0, 0.1) is 40.9 Å². The van der Waals surface area contributed by atoms with E-state index in [0.29, 0.717) is 5.41 Å². The second kappa shape index (κ2) is 5.96. The maximum Gasteiger partial charge on any atom is 0.0921 e. The fraction of sp³-hybridized carbons (Fsp3) is 1.00. The lowest BCUT2D eigenvalue weighted by Crippen LogP contribution is -2.55. The molecule has 1 saturated heterocycles. The highest BCUT2D eigenvalue weighted by molar-refractivity contribution is 5.11. The zero-order chi connectivity index (χ0) is 18.2. The van der Waals surface area contributed by atoms with Crippen LogP contribution in [0.2, 0.25) is 0 Å². The fourth-order valence-corrected chi connectivity index (χ4v) is 8.80. The van der Waals surface area contributed by atoms with Crippen molar-refractivity contribution in [3.63, 3.8) is 0 Å².